The van der Waals surface area contributed by atoms with E-state index in [0.29, 0.717) is 5.95 Å². The largest absolute Gasteiger partial charge is 0.366 e. The van der Waals surface area contributed by atoms with E-state index < -0.39 is 0 Å². The SMILES string of the molecule is CC(C)c1nc(N(C)C)nc(N2CC(C)(C)OC(C)(C)C2)n1. The summed E-state index contributed by atoms with van der Waals surface area (Å²) in [6.07, 6.45) is 0. The van der Waals surface area contributed by atoms with Crippen LogP contribution in [0.3, 0.4) is 0 Å². The van der Waals surface area contributed by atoms with Crippen LogP contribution in [0.25, 0.3) is 0 Å². The second-order valence-electron chi connectivity index (χ2n) is 7.82. The molecule has 1 fully saturated rings. The van der Waals surface area contributed by atoms with Crippen LogP contribution in [-0.2, 0) is 4.74 Å². The van der Waals surface area contributed by atoms with Gasteiger partial charge in [-0.05, 0) is 27.7 Å². The molecule has 6 heteroatoms. The molecule has 1 saturated heterocycles. The summed E-state index contributed by atoms with van der Waals surface area (Å²) in [6, 6.07) is 0. The summed E-state index contributed by atoms with van der Waals surface area (Å²) in [4.78, 5) is 18.0. The molecule has 124 valence electrons. The highest BCUT2D eigenvalue weighted by atomic mass is 16.5. The number of hydrogen-bond acceptors (Lipinski definition) is 6. The molecule has 2 rings (SSSR count). The van der Waals surface area contributed by atoms with Crippen molar-refractivity contribution in [3.8, 4) is 0 Å². The zero-order valence-electron chi connectivity index (χ0n) is 15.1. The van der Waals surface area contributed by atoms with Crippen LogP contribution < -0.4 is 9.80 Å². The summed E-state index contributed by atoms with van der Waals surface area (Å²) in [6.45, 7) is 14.2. The Morgan fingerprint density at radius 2 is 1.55 bits per heavy atom. The highest BCUT2D eigenvalue weighted by molar-refractivity contribution is 5.40. The van der Waals surface area contributed by atoms with Crippen molar-refractivity contribution in [2.45, 2.75) is 58.7 Å². The molecule has 0 radical (unpaired) electrons. The van der Waals surface area contributed by atoms with E-state index in [1.807, 2.05) is 19.0 Å². The number of anilines is 2. The number of morpholine rings is 1. The van der Waals surface area contributed by atoms with Gasteiger partial charge in [0, 0.05) is 33.1 Å². The molecule has 0 bridgehead atoms. The third-order valence-corrected chi connectivity index (χ3v) is 3.52. The van der Waals surface area contributed by atoms with Crippen molar-refractivity contribution >= 4 is 11.9 Å². The van der Waals surface area contributed by atoms with Crippen LogP contribution >= 0.6 is 0 Å². The summed E-state index contributed by atoms with van der Waals surface area (Å²) >= 11 is 0. The van der Waals surface area contributed by atoms with Gasteiger partial charge in [0.15, 0.2) is 0 Å². The van der Waals surface area contributed by atoms with E-state index in [2.05, 4.69) is 56.4 Å². The van der Waals surface area contributed by atoms with Gasteiger partial charge in [-0.3, -0.25) is 0 Å². The zero-order chi connectivity index (χ0) is 16.7. The van der Waals surface area contributed by atoms with E-state index >= 15 is 0 Å². The predicted octanol–water partition coefficient (Wildman–Crippen LogP) is 2.45. The monoisotopic (exact) mass is 307 g/mol. The fourth-order valence-corrected chi connectivity index (χ4v) is 2.90. The normalized spacial score (nSPS) is 20.3. The second kappa shape index (κ2) is 5.65. The molecule has 2 heterocycles. The van der Waals surface area contributed by atoms with Gasteiger partial charge >= 0.3 is 0 Å². The van der Waals surface area contributed by atoms with Crippen LogP contribution in [0.4, 0.5) is 11.9 Å². The van der Waals surface area contributed by atoms with Crippen molar-refractivity contribution in [1.29, 1.82) is 0 Å². The van der Waals surface area contributed by atoms with Crippen LogP contribution in [0.5, 0.6) is 0 Å². The molecule has 0 saturated carbocycles. The van der Waals surface area contributed by atoms with Gasteiger partial charge in [0.2, 0.25) is 11.9 Å². The zero-order valence-corrected chi connectivity index (χ0v) is 15.1. The molecule has 6 nitrogen and oxygen atoms in total. The lowest BCUT2D eigenvalue weighted by molar-refractivity contribution is -0.133. The van der Waals surface area contributed by atoms with Crippen molar-refractivity contribution in [3.05, 3.63) is 5.82 Å². The molecule has 0 atom stereocenters. The van der Waals surface area contributed by atoms with E-state index in [1.54, 1.807) is 0 Å². The minimum atomic E-state index is -0.231. The van der Waals surface area contributed by atoms with E-state index in [4.69, 9.17) is 9.72 Å². The first-order chi connectivity index (χ1) is 9.99. The first-order valence-corrected chi connectivity index (χ1v) is 7.87. The van der Waals surface area contributed by atoms with Gasteiger partial charge < -0.3 is 14.5 Å². The van der Waals surface area contributed by atoms with Gasteiger partial charge in [0.1, 0.15) is 5.82 Å². The van der Waals surface area contributed by atoms with Gasteiger partial charge in [-0.15, -0.1) is 0 Å². The Kier molecular flexibility index (Phi) is 4.35. The predicted molar refractivity (Wildman–Crippen MR) is 89.7 cm³/mol. The molecule has 1 aromatic heterocycles. The van der Waals surface area contributed by atoms with Gasteiger partial charge in [-0.1, -0.05) is 13.8 Å². The number of rotatable bonds is 3. The Labute approximate surface area is 133 Å². The Balaban J connectivity index is 2.42. The summed E-state index contributed by atoms with van der Waals surface area (Å²) < 4.78 is 6.14. The Bertz CT molecular complexity index is 497. The van der Waals surface area contributed by atoms with Gasteiger partial charge in [0.25, 0.3) is 0 Å². The molecule has 0 aromatic carbocycles. The second-order valence-corrected chi connectivity index (χ2v) is 7.82. The third kappa shape index (κ3) is 3.85. The standard InChI is InChI=1S/C16H29N5O/c1-11(2)12-17-13(20(7)8)19-14(18-12)21-9-15(3,4)22-16(5,6)10-21/h11H,9-10H2,1-8H3. The highest BCUT2D eigenvalue weighted by Gasteiger charge is 2.39. The average molecular weight is 307 g/mol. The van der Waals surface area contributed by atoms with Crippen molar-refractivity contribution in [2.24, 2.45) is 0 Å². The van der Waals surface area contributed by atoms with Crippen molar-refractivity contribution in [2.75, 3.05) is 37.0 Å². The molecule has 1 aliphatic rings. The maximum Gasteiger partial charge on any atom is 0.230 e. The number of nitrogens with zero attached hydrogens (tertiary/aromatic N) is 5. The fraction of sp³-hybridized carbons (Fsp3) is 0.812. The van der Waals surface area contributed by atoms with Gasteiger partial charge in [0.05, 0.1) is 11.2 Å². The Morgan fingerprint density at radius 3 is 2.00 bits per heavy atom. The average Bonchev–Trinajstić information content (AvgIpc) is 2.34. The topological polar surface area (TPSA) is 54.4 Å². The molecule has 0 spiro atoms. The fourth-order valence-electron chi connectivity index (χ4n) is 2.90. The lowest BCUT2D eigenvalue weighted by atomic mass is 9.99. The summed E-state index contributed by atoms with van der Waals surface area (Å²) in [7, 11) is 3.91. The molecule has 1 aliphatic heterocycles. The van der Waals surface area contributed by atoms with Crippen LogP contribution in [0.2, 0.25) is 0 Å². The lowest BCUT2D eigenvalue weighted by Crippen LogP contribution is -2.57. The smallest absolute Gasteiger partial charge is 0.230 e. The van der Waals surface area contributed by atoms with Crippen LogP contribution in [-0.4, -0.2) is 53.3 Å². The third-order valence-electron chi connectivity index (χ3n) is 3.52. The maximum atomic E-state index is 6.14. The van der Waals surface area contributed by atoms with Crippen LogP contribution in [0.1, 0.15) is 53.3 Å². The van der Waals surface area contributed by atoms with Crippen LogP contribution in [0, 0.1) is 0 Å². The van der Waals surface area contributed by atoms with Crippen LogP contribution in [0.15, 0.2) is 0 Å². The quantitative estimate of drug-likeness (QED) is 0.855. The van der Waals surface area contributed by atoms with Crippen molar-refractivity contribution in [3.63, 3.8) is 0 Å². The van der Waals surface area contributed by atoms with Gasteiger partial charge in [-0.2, -0.15) is 15.0 Å². The molecule has 1 aromatic rings. The first-order valence-electron chi connectivity index (χ1n) is 7.87. The summed E-state index contributed by atoms with van der Waals surface area (Å²) in [5, 5.41) is 0. The molecule has 22 heavy (non-hydrogen) atoms. The Hall–Kier alpha value is -1.43. The molecule has 0 N–H and O–H groups in total. The van der Waals surface area contributed by atoms with E-state index in [9.17, 15) is 0 Å². The molecule has 0 aliphatic carbocycles. The summed E-state index contributed by atoms with van der Waals surface area (Å²) in [5.74, 6) is 2.54. The minimum Gasteiger partial charge on any atom is -0.366 e. The van der Waals surface area contributed by atoms with Crippen molar-refractivity contribution < 1.29 is 4.74 Å². The molecule has 0 amide bonds. The first kappa shape index (κ1) is 16.9. The Morgan fingerprint density at radius 1 is 1.00 bits per heavy atom. The lowest BCUT2D eigenvalue weighted by Gasteiger charge is -2.47. The van der Waals surface area contributed by atoms with E-state index in [0.717, 1.165) is 24.9 Å². The number of aromatic nitrogens is 3. The van der Waals surface area contributed by atoms with E-state index in [1.165, 1.54) is 0 Å². The highest BCUT2D eigenvalue weighted by Crippen LogP contribution is 2.30. The minimum absolute atomic E-state index is 0.231. The molecular weight excluding hydrogens is 278 g/mol. The summed E-state index contributed by atoms with van der Waals surface area (Å²) in [5.41, 5.74) is -0.463. The molecule has 0 unspecified atom stereocenters. The number of ether oxygens (including phenoxy) is 1. The maximum absolute atomic E-state index is 6.14. The van der Waals surface area contributed by atoms with Gasteiger partial charge in [-0.25, -0.2) is 0 Å². The van der Waals surface area contributed by atoms with Crippen molar-refractivity contribution in [1.82, 2.24) is 15.0 Å². The number of hydrogen-bond donors (Lipinski definition) is 0. The molecular formula is C16H29N5O. The van der Waals surface area contributed by atoms with E-state index in [-0.39, 0.29) is 17.1 Å².